The maximum Gasteiger partial charge on any atom is 0.319 e. The van der Waals surface area contributed by atoms with E-state index in [1.807, 2.05) is 0 Å². The van der Waals surface area contributed by atoms with Crippen LogP contribution in [0.3, 0.4) is 0 Å². The van der Waals surface area contributed by atoms with Crippen LogP contribution in [0.5, 0.6) is 0 Å². The van der Waals surface area contributed by atoms with Crippen LogP contribution in [0.15, 0.2) is 54.6 Å². The molecule has 2 amide bonds. The minimum Gasteiger partial charge on any atom is -0.369 e. The molecule has 4 fully saturated rings. The number of benzene rings is 2. The minimum atomic E-state index is -0.203. The molecule has 2 N–H and O–H groups in total. The molecule has 4 aliphatic rings. The van der Waals surface area contributed by atoms with Gasteiger partial charge in [-0.15, -0.1) is 0 Å². The van der Waals surface area contributed by atoms with Gasteiger partial charge in [-0.25, -0.2) is 4.79 Å². The highest BCUT2D eigenvalue weighted by molar-refractivity contribution is 5.89. The zero-order chi connectivity index (χ0) is 23.3. The second kappa shape index (κ2) is 10.5. The van der Waals surface area contributed by atoms with E-state index in [0.29, 0.717) is 23.8 Å². The van der Waals surface area contributed by atoms with Gasteiger partial charge >= 0.3 is 6.03 Å². The third-order valence-corrected chi connectivity index (χ3v) is 7.75. The second-order valence-electron chi connectivity index (χ2n) is 9.84. The molecule has 6 rings (SSSR count). The van der Waals surface area contributed by atoms with Gasteiger partial charge < -0.3 is 15.5 Å². The molecule has 2 aromatic rings. The molecule has 4 saturated heterocycles. The van der Waals surface area contributed by atoms with Gasteiger partial charge in [0.2, 0.25) is 0 Å². The summed E-state index contributed by atoms with van der Waals surface area (Å²) in [6.45, 7) is 8.62. The Balaban J connectivity index is 1.06. The highest BCUT2D eigenvalue weighted by Gasteiger charge is 2.40. The number of nitrogens with one attached hydrogen (secondary N) is 2. The van der Waals surface area contributed by atoms with Crippen LogP contribution in [-0.2, 0) is 0 Å². The van der Waals surface area contributed by atoms with Gasteiger partial charge in [0.25, 0.3) is 0 Å². The van der Waals surface area contributed by atoms with E-state index in [4.69, 9.17) is 5.26 Å². The smallest absolute Gasteiger partial charge is 0.319 e. The third-order valence-electron chi connectivity index (χ3n) is 7.75. The second-order valence-corrected chi connectivity index (χ2v) is 9.84. The molecule has 0 aliphatic carbocycles. The Labute approximate surface area is 202 Å². The van der Waals surface area contributed by atoms with Crippen molar-refractivity contribution in [2.75, 3.05) is 62.6 Å². The average molecular weight is 459 g/mol. The van der Waals surface area contributed by atoms with Gasteiger partial charge in [-0.1, -0.05) is 24.3 Å². The van der Waals surface area contributed by atoms with Crippen molar-refractivity contribution in [2.45, 2.75) is 18.9 Å². The number of amides is 2. The molecule has 0 saturated carbocycles. The molecule has 2 aromatic carbocycles. The lowest BCUT2D eigenvalue weighted by Crippen LogP contribution is -2.59. The summed E-state index contributed by atoms with van der Waals surface area (Å²) in [5.41, 5.74) is 2.53. The van der Waals surface area contributed by atoms with Crippen molar-refractivity contribution >= 4 is 17.4 Å². The third kappa shape index (κ3) is 5.35. The number of fused-ring (bicyclic) bond motifs is 3. The van der Waals surface area contributed by atoms with Gasteiger partial charge in [0, 0.05) is 63.2 Å². The van der Waals surface area contributed by atoms with E-state index in [2.05, 4.69) is 61.7 Å². The molecule has 178 valence electrons. The van der Waals surface area contributed by atoms with Crippen molar-refractivity contribution in [3.05, 3.63) is 60.2 Å². The van der Waals surface area contributed by atoms with E-state index >= 15 is 0 Å². The van der Waals surface area contributed by atoms with Crippen molar-refractivity contribution in [1.82, 2.24) is 15.1 Å². The quantitative estimate of drug-likeness (QED) is 0.695. The average Bonchev–Trinajstić information content (AvgIpc) is 2.89. The Bertz CT molecular complexity index is 1010. The number of carbonyl (C=O) groups excluding carboxylic acids is 1. The summed E-state index contributed by atoms with van der Waals surface area (Å²) in [6.07, 6.45) is 2.44. The Kier molecular flexibility index (Phi) is 6.98. The lowest BCUT2D eigenvalue weighted by molar-refractivity contribution is -0.0114. The highest BCUT2D eigenvalue weighted by atomic mass is 16.2. The van der Waals surface area contributed by atoms with Gasteiger partial charge in [-0.2, -0.15) is 5.26 Å². The largest absolute Gasteiger partial charge is 0.369 e. The number of para-hydroxylation sites is 1. The lowest BCUT2D eigenvalue weighted by atomic mass is 9.75. The molecule has 4 aliphatic heterocycles. The number of piperazine rings is 1. The number of nitriles is 1. The van der Waals surface area contributed by atoms with Crippen LogP contribution < -0.4 is 15.5 Å². The number of carbonyl (C=O) groups is 1. The first kappa shape index (κ1) is 22.7. The van der Waals surface area contributed by atoms with Crippen LogP contribution >= 0.6 is 0 Å². The van der Waals surface area contributed by atoms with Crippen LogP contribution in [0.4, 0.5) is 16.2 Å². The zero-order valence-corrected chi connectivity index (χ0v) is 19.7. The molecular weight excluding hydrogens is 424 g/mol. The maximum atomic E-state index is 12.4. The molecule has 34 heavy (non-hydrogen) atoms. The molecule has 7 nitrogen and oxygen atoms in total. The summed E-state index contributed by atoms with van der Waals surface area (Å²) in [7, 11) is 0. The van der Waals surface area contributed by atoms with E-state index < -0.39 is 0 Å². The SMILES string of the molecule is N#Cc1cccc(NC(=O)NCC2CC3CCN2CC3CN2CCN(c3ccccc3)CC2)c1. The van der Waals surface area contributed by atoms with Gasteiger partial charge in [-0.3, -0.25) is 9.80 Å². The zero-order valence-electron chi connectivity index (χ0n) is 19.7. The van der Waals surface area contributed by atoms with Crippen molar-refractivity contribution in [3.8, 4) is 6.07 Å². The van der Waals surface area contributed by atoms with Crippen molar-refractivity contribution < 1.29 is 4.79 Å². The molecule has 2 bridgehead atoms. The molecule has 4 heterocycles. The summed E-state index contributed by atoms with van der Waals surface area (Å²) >= 11 is 0. The van der Waals surface area contributed by atoms with Gasteiger partial charge in [0.05, 0.1) is 11.6 Å². The molecule has 7 heteroatoms. The van der Waals surface area contributed by atoms with Crippen LogP contribution in [0.1, 0.15) is 18.4 Å². The molecular formula is C27H34N6O. The van der Waals surface area contributed by atoms with Crippen molar-refractivity contribution in [2.24, 2.45) is 11.8 Å². The predicted octanol–water partition coefficient (Wildman–Crippen LogP) is 3.21. The number of anilines is 2. The fourth-order valence-electron chi connectivity index (χ4n) is 5.88. The maximum absolute atomic E-state index is 12.4. The minimum absolute atomic E-state index is 0.203. The van der Waals surface area contributed by atoms with Crippen molar-refractivity contribution in [3.63, 3.8) is 0 Å². The predicted molar refractivity (Wildman–Crippen MR) is 135 cm³/mol. The monoisotopic (exact) mass is 458 g/mol. The summed E-state index contributed by atoms with van der Waals surface area (Å²) in [5, 5.41) is 14.9. The number of hydrogen-bond donors (Lipinski definition) is 2. The van der Waals surface area contributed by atoms with Crippen LogP contribution in [0.2, 0.25) is 0 Å². The standard InChI is InChI=1S/C27H34N6O/c28-17-21-5-4-6-24(15-21)30-27(34)29-18-26-16-22-9-10-33(26)20-23(22)19-31-11-13-32(14-12-31)25-7-2-1-3-8-25/h1-8,15,22-23,26H,9-14,16,18-20H2,(H2,29,30,34). The van der Waals surface area contributed by atoms with E-state index in [-0.39, 0.29) is 6.03 Å². The van der Waals surface area contributed by atoms with Crippen LogP contribution in [0.25, 0.3) is 0 Å². The fourth-order valence-corrected chi connectivity index (χ4v) is 5.88. The molecule has 4 atom stereocenters. The lowest BCUT2D eigenvalue weighted by Gasteiger charge is -2.51. The number of piperidine rings is 3. The number of rotatable bonds is 6. The number of nitrogens with zero attached hydrogens (tertiary/aromatic N) is 4. The Morgan fingerprint density at radius 1 is 1.03 bits per heavy atom. The van der Waals surface area contributed by atoms with Crippen molar-refractivity contribution in [1.29, 1.82) is 5.26 Å². The van der Waals surface area contributed by atoms with E-state index in [0.717, 1.165) is 51.1 Å². The number of hydrogen-bond acceptors (Lipinski definition) is 5. The molecule has 0 aromatic heterocycles. The van der Waals surface area contributed by atoms with Gasteiger partial charge in [0.1, 0.15) is 0 Å². The summed E-state index contributed by atoms with van der Waals surface area (Å²) in [4.78, 5) is 20.1. The molecule has 0 spiro atoms. The summed E-state index contributed by atoms with van der Waals surface area (Å²) in [6, 6.07) is 20.1. The first-order chi connectivity index (χ1) is 16.7. The molecule has 4 unspecified atom stereocenters. The van der Waals surface area contributed by atoms with Gasteiger partial charge in [0.15, 0.2) is 0 Å². The number of urea groups is 1. The van der Waals surface area contributed by atoms with Crippen LogP contribution in [-0.4, -0.2) is 74.2 Å². The Morgan fingerprint density at radius 3 is 2.59 bits per heavy atom. The van der Waals surface area contributed by atoms with E-state index in [1.165, 1.54) is 25.1 Å². The Morgan fingerprint density at radius 2 is 1.85 bits per heavy atom. The van der Waals surface area contributed by atoms with Crippen LogP contribution in [0, 0.1) is 23.2 Å². The van der Waals surface area contributed by atoms with E-state index in [9.17, 15) is 4.79 Å². The topological polar surface area (TPSA) is 74.6 Å². The molecule has 0 radical (unpaired) electrons. The first-order valence-electron chi connectivity index (χ1n) is 12.5. The highest BCUT2D eigenvalue weighted by Crippen LogP contribution is 2.36. The Hall–Kier alpha value is -3.08. The van der Waals surface area contributed by atoms with Gasteiger partial charge in [-0.05, 0) is 61.6 Å². The summed E-state index contributed by atoms with van der Waals surface area (Å²) in [5.74, 6) is 1.48. The summed E-state index contributed by atoms with van der Waals surface area (Å²) < 4.78 is 0. The fraction of sp³-hybridized carbons (Fsp3) is 0.481. The van der Waals surface area contributed by atoms with E-state index in [1.54, 1.807) is 24.3 Å². The normalized spacial score (nSPS) is 26.6. The first-order valence-corrected chi connectivity index (χ1v) is 12.5.